The Hall–Kier alpha value is -0.630. The number of nitrogens with zero attached hydrogens (tertiary/aromatic N) is 1. The summed E-state index contributed by atoms with van der Waals surface area (Å²) in [6.07, 6.45) is 2.70. The summed E-state index contributed by atoms with van der Waals surface area (Å²) >= 11 is 18.5. The number of halogens is 3. The highest BCUT2D eigenvalue weighted by molar-refractivity contribution is 6.48. The van der Waals surface area contributed by atoms with Crippen molar-refractivity contribution in [1.29, 1.82) is 0 Å². The molecule has 0 aromatic heterocycles. The first-order valence-corrected chi connectivity index (χ1v) is 6.83. The average Bonchev–Trinajstić information content (AvgIpc) is 2.36. The molecule has 4 heteroatoms. The predicted molar refractivity (Wildman–Crippen MR) is 80.8 cm³/mol. The molecule has 0 bridgehead atoms. The van der Waals surface area contributed by atoms with Crippen LogP contribution in [0.5, 0.6) is 0 Å². The smallest absolute Gasteiger partial charge is 0.0740 e. The summed E-state index contributed by atoms with van der Waals surface area (Å²) in [5.41, 5.74) is 2.32. The second-order valence-electron chi connectivity index (χ2n) is 4.46. The van der Waals surface area contributed by atoms with Gasteiger partial charge in [0, 0.05) is 30.7 Å². The molecule has 0 radical (unpaired) electrons. The minimum absolute atomic E-state index is 0.0836. The predicted octanol–water partition coefficient (Wildman–Crippen LogP) is 5.05. The molecule has 1 aliphatic rings. The average molecular weight is 303 g/mol. The van der Waals surface area contributed by atoms with Gasteiger partial charge >= 0.3 is 0 Å². The molecule has 2 rings (SSSR count). The summed E-state index contributed by atoms with van der Waals surface area (Å²) in [5, 5.41) is 1.63. The minimum Gasteiger partial charge on any atom is -0.377 e. The lowest BCUT2D eigenvalue weighted by Gasteiger charge is -2.25. The van der Waals surface area contributed by atoms with Crippen LogP contribution in [0.3, 0.4) is 0 Å². The summed E-state index contributed by atoms with van der Waals surface area (Å²) < 4.78 is 0. The Morgan fingerprint density at radius 1 is 1.11 bits per heavy atom. The monoisotopic (exact) mass is 301 g/mol. The van der Waals surface area contributed by atoms with E-state index in [1.54, 1.807) is 0 Å². The summed E-state index contributed by atoms with van der Waals surface area (Å²) in [5.74, 6) is 0.0836. The molecule has 0 heterocycles. The fourth-order valence-corrected chi connectivity index (χ4v) is 2.89. The Kier molecular flexibility index (Phi) is 4.26. The molecule has 0 saturated carbocycles. The molecule has 1 unspecified atom stereocenters. The fraction of sp³-hybridized carbons (Fsp3) is 0.286. The molecule has 1 aromatic carbocycles. The molecular weight excluding hydrogens is 289 g/mol. The van der Waals surface area contributed by atoms with Crippen molar-refractivity contribution in [3.63, 3.8) is 0 Å². The van der Waals surface area contributed by atoms with E-state index in [-0.39, 0.29) is 5.92 Å². The summed E-state index contributed by atoms with van der Waals surface area (Å²) in [7, 11) is 4.04. The molecule has 0 spiro atoms. The van der Waals surface area contributed by atoms with E-state index in [0.29, 0.717) is 15.1 Å². The van der Waals surface area contributed by atoms with Crippen molar-refractivity contribution in [1.82, 2.24) is 0 Å². The number of hydrogen-bond donors (Lipinski definition) is 0. The Morgan fingerprint density at radius 3 is 2.44 bits per heavy atom. The maximum atomic E-state index is 6.34. The maximum absolute atomic E-state index is 6.34. The molecule has 0 N–H and O–H groups in total. The maximum Gasteiger partial charge on any atom is 0.0740 e. The second-order valence-corrected chi connectivity index (χ2v) is 5.65. The van der Waals surface area contributed by atoms with Crippen molar-refractivity contribution in [3.8, 4) is 0 Å². The fourth-order valence-electron chi connectivity index (χ4n) is 2.13. The SMILES string of the molecule is CN(C)c1ccccc1C1CC=C(Cl)C(Cl)=C1Cl. The molecule has 0 fully saturated rings. The Labute approximate surface area is 123 Å². The molecule has 0 aliphatic heterocycles. The summed E-state index contributed by atoms with van der Waals surface area (Å²) in [6.45, 7) is 0. The van der Waals surface area contributed by atoms with Crippen LogP contribution >= 0.6 is 34.8 Å². The van der Waals surface area contributed by atoms with Crippen LogP contribution in [0, 0.1) is 0 Å². The topological polar surface area (TPSA) is 3.24 Å². The molecule has 0 amide bonds. The standard InChI is InChI=1S/C14H14Cl3N/c1-18(2)12-6-4-3-5-9(12)10-7-8-11(15)14(17)13(10)16/h3-6,8,10H,7H2,1-2H3. The van der Waals surface area contributed by atoms with E-state index in [1.807, 2.05) is 32.3 Å². The van der Waals surface area contributed by atoms with Crippen molar-refractivity contribution in [2.45, 2.75) is 12.3 Å². The third-order valence-corrected chi connectivity index (χ3v) is 4.45. The Bertz CT molecular complexity index is 518. The van der Waals surface area contributed by atoms with Crippen LogP contribution < -0.4 is 4.90 Å². The molecule has 1 aromatic rings. The molecule has 1 nitrogen and oxygen atoms in total. The first-order chi connectivity index (χ1) is 8.52. The summed E-state index contributed by atoms with van der Waals surface area (Å²) in [6, 6.07) is 8.19. The normalized spacial score (nSPS) is 19.8. The zero-order chi connectivity index (χ0) is 13.3. The van der Waals surface area contributed by atoms with Gasteiger partial charge in [-0.3, -0.25) is 0 Å². The first kappa shape index (κ1) is 13.8. The van der Waals surface area contributed by atoms with Gasteiger partial charge in [-0.05, 0) is 18.1 Å². The lowest BCUT2D eigenvalue weighted by atomic mass is 9.90. The van der Waals surface area contributed by atoms with Crippen LogP contribution in [-0.4, -0.2) is 14.1 Å². The van der Waals surface area contributed by atoms with Crippen LogP contribution in [0.4, 0.5) is 5.69 Å². The van der Waals surface area contributed by atoms with Gasteiger partial charge in [-0.25, -0.2) is 0 Å². The Balaban J connectivity index is 2.46. The first-order valence-electron chi connectivity index (χ1n) is 5.69. The number of hydrogen-bond acceptors (Lipinski definition) is 1. The molecule has 0 saturated heterocycles. The third kappa shape index (κ3) is 2.54. The van der Waals surface area contributed by atoms with Crippen LogP contribution in [0.1, 0.15) is 17.9 Å². The van der Waals surface area contributed by atoms with Gasteiger partial charge in [-0.15, -0.1) is 0 Å². The van der Waals surface area contributed by atoms with Gasteiger partial charge in [-0.1, -0.05) is 59.1 Å². The highest BCUT2D eigenvalue weighted by Gasteiger charge is 2.25. The number of allylic oxidation sites excluding steroid dienone is 4. The Morgan fingerprint density at radius 2 is 1.78 bits per heavy atom. The van der Waals surface area contributed by atoms with Crippen LogP contribution in [0.25, 0.3) is 0 Å². The summed E-state index contributed by atoms with van der Waals surface area (Å²) in [4.78, 5) is 2.08. The number of rotatable bonds is 2. The van der Waals surface area contributed by atoms with Gasteiger partial charge < -0.3 is 4.90 Å². The van der Waals surface area contributed by atoms with Crippen molar-refractivity contribution in [2.24, 2.45) is 0 Å². The molecule has 1 aliphatic carbocycles. The van der Waals surface area contributed by atoms with E-state index >= 15 is 0 Å². The number of para-hydroxylation sites is 1. The molecule has 1 atom stereocenters. The second kappa shape index (κ2) is 5.56. The number of benzene rings is 1. The van der Waals surface area contributed by atoms with Gasteiger partial charge in [0.1, 0.15) is 0 Å². The van der Waals surface area contributed by atoms with E-state index in [2.05, 4.69) is 17.0 Å². The van der Waals surface area contributed by atoms with Gasteiger partial charge in [0.15, 0.2) is 0 Å². The van der Waals surface area contributed by atoms with Crippen molar-refractivity contribution >= 4 is 40.5 Å². The van der Waals surface area contributed by atoms with Crippen molar-refractivity contribution in [2.75, 3.05) is 19.0 Å². The molecule has 18 heavy (non-hydrogen) atoms. The largest absolute Gasteiger partial charge is 0.377 e. The molecular formula is C14H14Cl3N. The quantitative estimate of drug-likeness (QED) is 0.739. The zero-order valence-electron chi connectivity index (χ0n) is 10.3. The number of anilines is 1. The van der Waals surface area contributed by atoms with Gasteiger partial charge in [-0.2, -0.15) is 0 Å². The van der Waals surface area contributed by atoms with Gasteiger partial charge in [0.2, 0.25) is 0 Å². The van der Waals surface area contributed by atoms with Gasteiger partial charge in [0.25, 0.3) is 0 Å². The van der Waals surface area contributed by atoms with E-state index in [4.69, 9.17) is 34.8 Å². The van der Waals surface area contributed by atoms with E-state index < -0.39 is 0 Å². The van der Waals surface area contributed by atoms with Crippen molar-refractivity contribution in [3.05, 3.63) is 51.0 Å². The van der Waals surface area contributed by atoms with Crippen LogP contribution in [-0.2, 0) is 0 Å². The van der Waals surface area contributed by atoms with E-state index in [0.717, 1.165) is 12.1 Å². The molecule has 96 valence electrons. The van der Waals surface area contributed by atoms with Crippen LogP contribution in [0.15, 0.2) is 45.4 Å². The highest BCUT2D eigenvalue weighted by Crippen LogP contribution is 2.44. The van der Waals surface area contributed by atoms with E-state index in [1.165, 1.54) is 5.56 Å². The van der Waals surface area contributed by atoms with Crippen LogP contribution in [0.2, 0.25) is 0 Å². The lowest BCUT2D eigenvalue weighted by molar-refractivity contribution is 0.827. The van der Waals surface area contributed by atoms with E-state index in [9.17, 15) is 0 Å². The lowest BCUT2D eigenvalue weighted by Crippen LogP contribution is -2.14. The van der Waals surface area contributed by atoms with Crippen molar-refractivity contribution < 1.29 is 0 Å². The van der Waals surface area contributed by atoms with Gasteiger partial charge in [0.05, 0.1) is 10.1 Å². The zero-order valence-corrected chi connectivity index (χ0v) is 12.5. The minimum atomic E-state index is 0.0836. The third-order valence-electron chi connectivity index (χ3n) is 3.05. The highest BCUT2D eigenvalue weighted by atomic mass is 35.5.